The molecule has 2 aliphatic rings. The van der Waals surface area contributed by atoms with Crippen LogP contribution in [0.25, 0.3) is 16.7 Å². The molecule has 6 rings (SSSR count). The summed E-state index contributed by atoms with van der Waals surface area (Å²) in [7, 11) is 0. The molecule has 2 aromatic heterocycles. The molecule has 7 nitrogen and oxygen atoms in total. The van der Waals surface area contributed by atoms with Gasteiger partial charge in [0.1, 0.15) is 11.6 Å². The number of alkyl halides is 3. The Morgan fingerprint density at radius 2 is 1.62 bits per heavy atom. The highest BCUT2D eigenvalue weighted by Gasteiger charge is 2.42. The van der Waals surface area contributed by atoms with Gasteiger partial charge in [-0.3, -0.25) is 4.90 Å². The number of hydrogen-bond donors (Lipinski definition) is 1. The van der Waals surface area contributed by atoms with Gasteiger partial charge in [-0.05, 0) is 56.9 Å². The number of rotatable bonds is 4. The lowest BCUT2D eigenvalue weighted by molar-refractivity contribution is -0.192. The van der Waals surface area contributed by atoms with Gasteiger partial charge in [0.2, 0.25) is 0 Å². The summed E-state index contributed by atoms with van der Waals surface area (Å²) in [5, 5.41) is 7.12. The summed E-state index contributed by atoms with van der Waals surface area (Å²) >= 11 is 0. The molecule has 2 aliphatic heterocycles. The van der Waals surface area contributed by atoms with Crippen LogP contribution in [0.2, 0.25) is 0 Å². The third-order valence-corrected chi connectivity index (χ3v) is 7.31. The topological polar surface area (TPSA) is 76.2 Å². The molecule has 10 heteroatoms. The van der Waals surface area contributed by atoms with E-state index in [2.05, 4.69) is 81.8 Å². The number of halogens is 3. The van der Waals surface area contributed by atoms with E-state index in [0.717, 1.165) is 23.7 Å². The zero-order chi connectivity index (χ0) is 26.2. The summed E-state index contributed by atoms with van der Waals surface area (Å²) in [4.78, 5) is 21.1. The second-order valence-electron chi connectivity index (χ2n) is 9.55. The maximum atomic E-state index is 10.6. The smallest absolute Gasteiger partial charge is 0.475 e. The fraction of sp³-hybridized carbons (Fsp3) is 0.370. The van der Waals surface area contributed by atoms with E-state index in [4.69, 9.17) is 19.9 Å². The minimum Gasteiger partial charge on any atom is -0.475 e. The minimum atomic E-state index is -5.08. The van der Waals surface area contributed by atoms with Crippen molar-refractivity contribution in [2.45, 2.75) is 63.5 Å². The van der Waals surface area contributed by atoms with E-state index in [1.54, 1.807) is 0 Å². The van der Waals surface area contributed by atoms with E-state index in [1.165, 1.54) is 36.9 Å². The van der Waals surface area contributed by atoms with Gasteiger partial charge < -0.3 is 14.2 Å². The summed E-state index contributed by atoms with van der Waals surface area (Å²) in [5.41, 5.74) is 3.59. The number of carbonyl (C=O) groups is 1. The normalized spacial score (nSPS) is 21.6. The summed E-state index contributed by atoms with van der Waals surface area (Å²) < 4.78 is 36.5. The summed E-state index contributed by atoms with van der Waals surface area (Å²) in [6.07, 6.45) is 3.91. The number of aliphatic carboxylic acids is 1. The zero-order valence-corrected chi connectivity index (χ0v) is 20.3. The minimum absolute atomic E-state index is 0.542. The fourth-order valence-electron chi connectivity index (χ4n) is 5.78. The van der Waals surface area contributed by atoms with Crippen LogP contribution in [-0.4, -0.2) is 53.3 Å². The molecule has 0 amide bonds. The van der Waals surface area contributed by atoms with E-state index in [0.29, 0.717) is 18.1 Å². The number of aryl methyl sites for hydroxylation is 1. The molecule has 4 aromatic rings. The van der Waals surface area contributed by atoms with Crippen molar-refractivity contribution in [1.29, 1.82) is 0 Å². The Morgan fingerprint density at radius 1 is 1.00 bits per heavy atom. The third-order valence-electron chi connectivity index (χ3n) is 7.31. The van der Waals surface area contributed by atoms with Crippen LogP contribution in [-0.2, 0) is 11.3 Å². The Balaban J connectivity index is 0.000000355. The molecule has 0 aliphatic carbocycles. The monoisotopic (exact) mass is 511 g/mol. The molecular formula is C27H28F3N5O2. The average molecular weight is 512 g/mol. The molecule has 0 spiro atoms. The van der Waals surface area contributed by atoms with Gasteiger partial charge in [0.25, 0.3) is 0 Å². The number of carboxylic acid groups (broad SMARTS) is 1. The van der Waals surface area contributed by atoms with Crippen LogP contribution in [0.5, 0.6) is 0 Å². The van der Waals surface area contributed by atoms with E-state index in [9.17, 15) is 13.2 Å². The Bertz CT molecular complexity index is 1370. The summed E-state index contributed by atoms with van der Waals surface area (Å²) in [6.45, 7) is 3.08. The van der Waals surface area contributed by atoms with Gasteiger partial charge in [0, 0.05) is 36.2 Å². The van der Waals surface area contributed by atoms with Crippen molar-refractivity contribution in [2.24, 2.45) is 0 Å². The first kappa shape index (κ1) is 25.0. The first-order valence-electron chi connectivity index (χ1n) is 12.3. The molecule has 1 N–H and O–H groups in total. The van der Waals surface area contributed by atoms with Gasteiger partial charge in [-0.15, -0.1) is 0 Å². The Morgan fingerprint density at radius 3 is 2.27 bits per heavy atom. The average Bonchev–Trinajstić information content (AvgIpc) is 3.53. The number of benzene rings is 2. The van der Waals surface area contributed by atoms with Gasteiger partial charge in [-0.25, -0.2) is 14.8 Å². The molecule has 2 bridgehead atoms. The number of para-hydroxylation sites is 3. The lowest BCUT2D eigenvalue weighted by atomic mass is 9.96. The van der Waals surface area contributed by atoms with Gasteiger partial charge in [0.05, 0.1) is 17.6 Å². The van der Waals surface area contributed by atoms with Gasteiger partial charge in [-0.2, -0.15) is 13.2 Å². The zero-order valence-electron chi connectivity index (χ0n) is 20.3. The third kappa shape index (κ3) is 5.11. The molecule has 4 heterocycles. The van der Waals surface area contributed by atoms with Crippen molar-refractivity contribution in [3.63, 3.8) is 0 Å². The van der Waals surface area contributed by atoms with Crippen molar-refractivity contribution in [3.8, 4) is 5.69 Å². The molecule has 194 valence electrons. The molecule has 2 saturated heterocycles. The van der Waals surface area contributed by atoms with Crippen LogP contribution in [0, 0.1) is 6.92 Å². The number of piperidine rings is 1. The highest BCUT2D eigenvalue weighted by Crippen LogP contribution is 2.43. The Labute approximate surface area is 212 Å². The maximum Gasteiger partial charge on any atom is 0.490 e. The van der Waals surface area contributed by atoms with Crippen molar-refractivity contribution < 1.29 is 23.1 Å². The Hall–Kier alpha value is -3.66. The van der Waals surface area contributed by atoms with Crippen LogP contribution >= 0.6 is 0 Å². The largest absolute Gasteiger partial charge is 0.490 e. The second kappa shape index (κ2) is 10.0. The molecule has 2 unspecified atom stereocenters. The highest BCUT2D eigenvalue weighted by molar-refractivity contribution is 5.76. The van der Waals surface area contributed by atoms with E-state index in [1.807, 2.05) is 6.20 Å². The molecule has 2 aromatic carbocycles. The number of nitrogens with zero attached hydrogens (tertiary/aromatic N) is 5. The predicted molar refractivity (Wildman–Crippen MR) is 132 cm³/mol. The van der Waals surface area contributed by atoms with E-state index >= 15 is 0 Å². The molecule has 0 radical (unpaired) electrons. The first-order valence-corrected chi connectivity index (χ1v) is 12.3. The van der Waals surface area contributed by atoms with E-state index < -0.39 is 12.1 Å². The fourth-order valence-corrected chi connectivity index (χ4v) is 5.78. The predicted octanol–water partition coefficient (Wildman–Crippen LogP) is 5.53. The van der Waals surface area contributed by atoms with Crippen LogP contribution in [0.4, 0.5) is 13.2 Å². The maximum absolute atomic E-state index is 10.6. The molecule has 2 atom stereocenters. The van der Waals surface area contributed by atoms with Crippen LogP contribution in [0.1, 0.15) is 43.4 Å². The molecular weight excluding hydrogens is 483 g/mol. The number of imidazole rings is 2. The molecule has 37 heavy (non-hydrogen) atoms. The Kier molecular flexibility index (Phi) is 6.76. The van der Waals surface area contributed by atoms with Crippen molar-refractivity contribution in [2.75, 3.05) is 0 Å². The van der Waals surface area contributed by atoms with Crippen molar-refractivity contribution in [1.82, 2.24) is 24.0 Å². The number of fused-ring (bicyclic) bond motifs is 3. The number of aromatic nitrogens is 4. The molecule has 0 saturated carbocycles. The summed E-state index contributed by atoms with van der Waals surface area (Å²) in [5.74, 6) is -0.470. The second-order valence-corrected chi connectivity index (χ2v) is 9.55. The lowest BCUT2D eigenvalue weighted by Crippen LogP contribution is -2.43. The van der Waals surface area contributed by atoms with E-state index in [-0.39, 0.29) is 0 Å². The van der Waals surface area contributed by atoms with Crippen LogP contribution < -0.4 is 0 Å². The number of carboxylic acids is 1. The van der Waals surface area contributed by atoms with Gasteiger partial charge >= 0.3 is 12.1 Å². The lowest BCUT2D eigenvalue weighted by Gasteiger charge is -2.39. The van der Waals surface area contributed by atoms with Crippen LogP contribution in [0.3, 0.4) is 0 Å². The van der Waals surface area contributed by atoms with Crippen LogP contribution in [0.15, 0.2) is 67.0 Å². The number of hydrogen-bond acceptors (Lipinski definition) is 4. The van der Waals surface area contributed by atoms with Crippen molar-refractivity contribution in [3.05, 3.63) is 78.6 Å². The first-order chi connectivity index (χ1) is 17.7. The van der Waals surface area contributed by atoms with Gasteiger partial charge in [0.15, 0.2) is 0 Å². The molecule has 2 fully saturated rings. The highest BCUT2D eigenvalue weighted by atomic mass is 19.4. The van der Waals surface area contributed by atoms with Gasteiger partial charge in [-0.1, -0.05) is 30.3 Å². The quantitative estimate of drug-likeness (QED) is 0.390. The summed E-state index contributed by atoms with van der Waals surface area (Å²) in [6, 6.07) is 20.9. The van der Waals surface area contributed by atoms with Crippen molar-refractivity contribution >= 4 is 17.0 Å². The standard InChI is InChI=1S/C25H27N5.C2HF3O2/c1-18-27-23-9-5-6-10-24(23)30(18)22-15-20-11-12-21(16-22)29(20)17-25-26-13-14-28(25)19-7-3-2-4-8-19;3-2(4,5)1(6)7/h2-10,13-14,20-22H,11-12,15-17H2,1H3;(H,6,7). The SMILES string of the molecule is Cc1nc2ccccc2n1C1CC2CCC(C1)N2Cc1nccn1-c1ccccc1.O=C(O)C(F)(F)F.